The van der Waals surface area contributed by atoms with Gasteiger partial charge in [0.05, 0.1) is 64.2 Å². The number of amides is 4. The Morgan fingerprint density at radius 2 is 0.904 bits per heavy atom. The molecule has 0 spiro atoms. The first-order valence-corrected chi connectivity index (χ1v) is 37.7. The van der Waals surface area contributed by atoms with Crippen LogP contribution in [0.1, 0.15) is 115 Å². The lowest BCUT2D eigenvalue weighted by Crippen LogP contribution is -2.48. The Labute approximate surface area is 662 Å². The van der Waals surface area contributed by atoms with Crippen LogP contribution in [0.4, 0.5) is 40.2 Å². The highest BCUT2D eigenvalue weighted by Crippen LogP contribution is 2.36. The van der Waals surface area contributed by atoms with Gasteiger partial charge in [-0.25, -0.2) is 63.8 Å². The number of carboxylic acid groups (broad SMARTS) is 4. The number of halogens is 2. The molecule has 4 amide bonds. The van der Waals surface area contributed by atoms with E-state index in [1.54, 1.807) is 83.9 Å². The van der Waals surface area contributed by atoms with Crippen LogP contribution in [0.5, 0.6) is 0 Å². The number of carbonyl (C=O) groups is 8. The fraction of sp³-hybridized carbons (Fsp3) is 0.387. The van der Waals surface area contributed by atoms with Gasteiger partial charge in [0.2, 0.25) is 23.8 Å². The summed E-state index contributed by atoms with van der Waals surface area (Å²) in [6.45, 7) is 12.2. The molecule has 1 aliphatic carbocycles. The van der Waals surface area contributed by atoms with Gasteiger partial charge in [-0.15, -0.1) is 0 Å². The summed E-state index contributed by atoms with van der Waals surface area (Å²) in [7, 11) is 3.60. The first-order valence-electron chi connectivity index (χ1n) is 37.0. The zero-order chi connectivity index (χ0) is 80.9. The lowest BCUT2D eigenvalue weighted by molar-refractivity contribution is -0.142. The maximum atomic E-state index is 12.8. The van der Waals surface area contributed by atoms with E-state index in [1.165, 1.54) is 77.3 Å². The van der Waals surface area contributed by atoms with Crippen LogP contribution in [-0.2, 0) is 64.2 Å². The number of aryl methyl sites for hydroxylation is 3. The van der Waals surface area contributed by atoms with Crippen molar-refractivity contribution in [1.82, 2.24) is 97.3 Å². The van der Waals surface area contributed by atoms with Gasteiger partial charge in [0.25, 0.3) is 17.7 Å². The second-order valence-electron chi connectivity index (χ2n) is 28.2. The minimum Gasteiger partial charge on any atom is -0.480 e. The Balaban J connectivity index is 0.000000133. The Kier molecular flexibility index (Phi) is 23.8. The molecule has 2 fully saturated rings. The van der Waals surface area contributed by atoms with E-state index in [-0.39, 0.29) is 30.3 Å². The Bertz CT molecular complexity index is 5310. The third kappa shape index (κ3) is 17.4. The van der Waals surface area contributed by atoms with Crippen molar-refractivity contribution in [2.24, 2.45) is 14.1 Å². The number of hydrogen-bond donors (Lipinski definition) is 8. The summed E-state index contributed by atoms with van der Waals surface area (Å²) in [6.07, 6.45) is 24.8. The van der Waals surface area contributed by atoms with E-state index in [4.69, 9.17) is 33.0 Å². The van der Waals surface area contributed by atoms with Gasteiger partial charge in [-0.05, 0) is 96.2 Å². The van der Waals surface area contributed by atoms with E-state index in [2.05, 4.69) is 71.3 Å². The van der Waals surface area contributed by atoms with Gasteiger partial charge in [0, 0.05) is 156 Å². The highest BCUT2D eigenvalue weighted by Gasteiger charge is 2.38. The molecule has 0 radical (unpaired) electrons. The fourth-order valence-electron chi connectivity index (χ4n) is 14.0. The summed E-state index contributed by atoms with van der Waals surface area (Å²) >= 11 is 12.6. The largest absolute Gasteiger partial charge is 0.480 e. The van der Waals surface area contributed by atoms with Crippen molar-refractivity contribution >= 4 is 106 Å². The standard InChI is InChI=1S/C20H25N5O3.C19H22ClN5O4.C19H21N7O3.C17H16ClN7O3/c1-13(19(27)28)25-10-9-24-12-14(11-17(24)18(25)26)16-7-8-21-20(23-16)22-15-5-3-2-4-6-15;1-11(18(27)28)25-5-4-24-10-12(8-15(24)17(25)26)16-14(20)9-21-19(23-16)22-13-2-6-29-7-3-13;1-11-9-20-19(22-15-4-5-21-24(15)3)23-16(11)13-8-14-17(27)26(12(2)18(28)29)7-6-25(14)10-13;1-9(15(26)27)24-8-11-5-10(7-25(11)17(24)28)14-12(18)6-19-16(22-14)21-13-3-4-20-23(13)2/h7-8,11-13,15H,2-6,9-10H2,1H3,(H,27,28)(H,21,22,23);8-11,13H,2-7H2,1H3,(H,27,28)(H,21,22,23);4-5,8-10,12H,6-7H2,1-3H3,(H,28,29)(H,20,22,23);3-7,9H,8H2,1-2H3,(H,26,27)(H,19,21,22)/t;;;9-/m...1/s1. The van der Waals surface area contributed by atoms with E-state index in [1.807, 2.05) is 58.4 Å². The van der Waals surface area contributed by atoms with Crippen molar-refractivity contribution in [3.8, 4) is 45.0 Å². The number of anilines is 6. The molecule has 15 heterocycles. The zero-order valence-electron chi connectivity index (χ0n) is 63.3. The van der Waals surface area contributed by atoms with Gasteiger partial charge in [-0.2, -0.15) is 10.2 Å². The summed E-state index contributed by atoms with van der Waals surface area (Å²) in [4.78, 5) is 137. The van der Waals surface area contributed by atoms with Crippen LogP contribution in [0, 0.1) is 6.92 Å². The molecule has 0 aromatic carbocycles. The number of rotatable bonds is 20. The van der Waals surface area contributed by atoms with Gasteiger partial charge in [-0.1, -0.05) is 42.5 Å². The van der Waals surface area contributed by atoms with Gasteiger partial charge in [-0.3, -0.25) is 28.3 Å². The average molecular weight is 1600 g/mol. The molecule has 0 bridgehead atoms. The Morgan fingerprint density at radius 3 is 1.39 bits per heavy atom. The van der Waals surface area contributed by atoms with Crippen LogP contribution in [0.2, 0.25) is 10.0 Å². The molecule has 3 unspecified atom stereocenters. The first-order chi connectivity index (χ1) is 54.7. The molecule has 10 aromatic heterocycles. The Morgan fingerprint density at radius 1 is 0.482 bits per heavy atom. The minimum atomic E-state index is -1.05. The molecule has 596 valence electrons. The molecular weight excluding hydrogens is 1520 g/mol. The van der Waals surface area contributed by atoms with Crippen molar-refractivity contribution in [3.63, 3.8) is 0 Å². The predicted molar refractivity (Wildman–Crippen MR) is 415 cm³/mol. The molecule has 16 rings (SSSR count). The van der Waals surface area contributed by atoms with Gasteiger partial charge in [0.15, 0.2) is 0 Å². The van der Waals surface area contributed by atoms with E-state index >= 15 is 0 Å². The van der Waals surface area contributed by atoms with Gasteiger partial charge < -0.3 is 79.7 Å². The molecule has 1 saturated heterocycles. The van der Waals surface area contributed by atoms with Gasteiger partial charge in [0.1, 0.15) is 52.9 Å². The maximum absolute atomic E-state index is 12.8. The summed E-state index contributed by atoms with van der Waals surface area (Å²) in [6, 6.07) is 9.21. The molecule has 5 aliphatic heterocycles. The maximum Gasteiger partial charge on any atom is 0.329 e. The summed E-state index contributed by atoms with van der Waals surface area (Å²) < 4.78 is 15.6. The van der Waals surface area contributed by atoms with E-state index < -0.39 is 54.1 Å². The number of fused-ring (bicyclic) bond motifs is 4. The fourth-order valence-corrected chi connectivity index (χ4v) is 14.4. The van der Waals surface area contributed by atoms with Crippen LogP contribution in [0.15, 0.2) is 104 Å². The number of carbonyl (C=O) groups excluding carboxylic acids is 4. The second kappa shape index (κ2) is 34.1. The van der Waals surface area contributed by atoms with Gasteiger partial charge >= 0.3 is 29.9 Å². The van der Waals surface area contributed by atoms with Crippen molar-refractivity contribution in [3.05, 3.63) is 143 Å². The average Bonchev–Trinajstić information content (AvgIpc) is 1.63. The lowest BCUT2D eigenvalue weighted by Gasteiger charge is -2.31. The van der Waals surface area contributed by atoms with Crippen molar-refractivity contribution < 1.29 is 63.5 Å². The Hall–Kier alpha value is -12.6. The quantitative estimate of drug-likeness (QED) is 0.0353. The molecular formula is C75H84Cl2N24O13. The molecule has 37 nitrogen and oxygen atoms in total. The third-order valence-electron chi connectivity index (χ3n) is 20.7. The second-order valence-corrected chi connectivity index (χ2v) is 29.0. The van der Waals surface area contributed by atoms with Crippen LogP contribution in [0.25, 0.3) is 45.0 Å². The predicted octanol–water partition coefficient (Wildman–Crippen LogP) is 8.73. The zero-order valence-corrected chi connectivity index (χ0v) is 64.8. The van der Waals surface area contributed by atoms with E-state index in [0.29, 0.717) is 149 Å². The number of ether oxygens (including phenoxy) is 1. The number of nitrogens with one attached hydrogen (secondary N) is 4. The molecule has 39 heteroatoms. The number of aromatic nitrogens is 16. The van der Waals surface area contributed by atoms with Crippen LogP contribution in [0.3, 0.4) is 0 Å². The summed E-state index contributed by atoms with van der Waals surface area (Å²) in [5.74, 6) is -1.65. The smallest absolute Gasteiger partial charge is 0.329 e. The summed E-state index contributed by atoms with van der Waals surface area (Å²) in [5.41, 5.74) is 8.33. The number of nitrogens with zero attached hydrogens (tertiary/aromatic N) is 20. The monoisotopic (exact) mass is 1600 g/mol. The molecule has 1 saturated carbocycles. The minimum absolute atomic E-state index is 0.204. The third-order valence-corrected chi connectivity index (χ3v) is 21.3. The van der Waals surface area contributed by atoms with Crippen LogP contribution < -0.4 is 21.3 Å². The first kappa shape index (κ1) is 79.4. The number of hydrogen-bond acceptors (Lipinski definition) is 23. The molecule has 8 N–H and O–H groups in total. The van der Waals surface area contributed by atoms with Crippen LogP contribution >= 0.6 is 23.2 Å². The van der Waals surface area contributed by atoms with Crippen molar-refractivity contribution in [1.29, 1.82) is 0 Å². The number of aliphatic carboxylic acids is 4. The van der Waals surface area contributed by atoms with E-state index in [9.17, 15) is 53.7 Å². The van der Waals surface area contributed by atoms with Crippen molar-refractivity contribution in [2.75, 3.05) is 54.1 Å². The normalized spacial score (nSPS) is 16.5. The topological polar surface area (TPSA) is 446 Å². The lowest BCUT2D eigenvalue weighted by atomic mass is 9.96. The number of carboxylic acids is 4. The summed E-state index contributed by atoms with van der Waals surface area (Å²) in [5, 5.41) is 58.7. The van der Waals surface area contributed by atoms with Crippen LogP contribution in [-0.4, -0.2) is 234 Å². The SMILES string of the molecule is CC(C(=O)O)N1CCn2cc(-c3ccnc(NC4CCCCC4)n3)cc2C1=O.CC(C(=O)O)N1CCn2cc(-c3nc(NC4CCOCC4)ncc3Cl)cc2C1=O.C[C@H](C(=O)O)N1Cc2cc(-c3nc(Nc4ccnn4C)ncc3Cl)cn2C1=O.Cc1cnc(Nc2ccnn2C)nc1-c1cc2n(c1)CCN(C(C)C(=O)O)C2=O. The molecule has 10 aromatic rings. The molecule has 6 aliphatic rings. The van der Waals surface area contributed by atoms with Crippen molar-refractivity contribution in [2.45, 2.75) is 142 Å². The van der Waals surface area contributed by atoms with E-state index in [0.717, 1.165) is 53.9 Å². The highest BCUT2D eigenvalue weighted by molar-refractivity contribution is 6.33. The highest BCUT2D eigenvalue weighted by atomic mass is 35.5. The molecule has 4 atom stereocenters. The molecule has 114 heavy (non-hydrogen) atoms.